The molecule has 0 aliphatic carbocycles. The molecule has 1 N–H and O–H groups in total. The predicted octanol–water partition coefficient (Wildman–Crippen LogP) is 3.64. The minimum atomic E-state index is -0.188. The molecule has 1 amide bonds. The molecule has 1 aromatic carbocycles. The van der Waals surface area contributed by atoms with Gasteiger partial charge in [-0.15, -0.1) is 0 Å². The molecule has 1 aromatic heterocycles. The lowest BCUT2D eigenvalue weighted by Gasteiger charge is -2.27. The van der Waals surface area contributed by atoms with Crippen LogP contribution in [0.3, 0.4) is 0 Å². The zero-order valence-electron chi connectivity index (χ0n) is 14.6. The first-order chi connectivity index (χ1) is 11.5. The molecule has 1 aliphatic rings. The van der Waals surface area contributed by atoms with E-state index in [1.807, 2.05) is 39.0 Å². The van der Waals surface area contributed by atoms with Crippen molar-refractivity contribution >= 4 is 17.5 Å². The number of carbonyl (C=O) groups is 1. The molecule has 24 heavy (non-hydrogen) atoms. The van der Waals surface area contributed by atoms with Gasteiger partial charge in [0.1, 0.15) is 5.69 Å². The van der Waals surface area contributed by atoms with Gasteiger partial charge in [0.2, 0.25) is 5.95 Å². The van der Waals surface area contributed by atoms with Gasteiger partial charge in [-0.25, -0.2) is 9.97 Å². The highest BCUT2D eigenvalue weighted by Crippen LogP contribution is 2.19. The van der Waals surface area contributed by atoms with E-state index in [1.54, 1.807) is 6.07 Å². The van der Waals surface area contributed by atoms with Crippen molar-refractivity contribution in [3.8, 4) is 0 Å². The minimum Gasteiger partial charge on any atom is -0.341 e. The third-order valence-electron chi connectivity index (χ3n) is 4.36. The van der Waals surface area contributed by atoms with E-state index in [2.05, 4.69) is 20.2 Å². The molecule has 1 aliphatic heterocycles. The molecule has 1 saturated heterocycles. The summed E-state index contributed by atoms with van der Waals surface area (Å²) in [6.07, 6.45) is 3.56. The average molecular weight is 324 g/mol. The lowest BCUT2D eigenvalue weighted by Crippen LogP contribution is -2.31. The van der Waals surface area contributed by atoms with Gasteiger partial charge in [0.25, 0.3) is 5.91 Å². The summed E-state index contributed by atoms with van der Waals surface area (Å²) in [7, 11) is 0. The fraction of sp³-hybridized carbons (Fsp3) is 0.421. The summed E-state index contributed by atoms with van der Waals surface area (Å²) in [4.78, 5) is 23.8. The van der Waals surface area contributed by atoms with Crippen LogP contribution in [0.5, 0.6) is 0 Å². The normalized spacial score (nSPS) is 14.5. The lowest BCUT2D eigenvalue weighted by atomic mass is 10.1. The van der Waals surface area contributed by atoms with E-state index in [0.29, 0.717) is 11.6 Å². The van der Waals surface area contributed by atoms with Crippen molar-refractivity contribution in [1.29, 1.82) is 0 Å². The number of aromatic nitrogens is 2. The van der Waals surface area contributed by atoms with Gasteiger partial charge < -0.3 is 10.2 Å². The molecule has 3 rings (SSSR count). The molecule has 2 heterocycles. The molecule has 0 spiro atoms. The van der Waals surface area contributed by atoms with Gasteiger partial charge in [-0.1, -0.05) is 12.1 Å². The van der Waals surface area contributed by atoms with E-state index in [0.717, 1.165) is 48.4 Å². The maximum atomic E-state index is 12.6. The molecule has 5 heteroatoms. The third kappa shape index (κ3) is 3.72. The number of aryl methyl sites for hydroxylation is 3. The van der Waals surface area contributed by atoms with Gasteiger partial charge in [0, 0.05) is 24.5 Å². The van der Waals surface area contributed by atoms with Crippen LogP contribution in [0.2, 0.25) is 0 Å². The molecule has 0 bridgehead atoms. The number of nitrogens with zero attached hydrogens (tertiary/aromatic N) is 3. The van der Waals surface area contributed by atoms with Gasteiger partial charge in [0.05, 0.1) is 0 Å². The van der Waals surface area contributed by atoms with E-state index in [1.165, 1.54) is 6.42 Å². The molecule has 126 valence electrons. The number of hydrogen-bond donors (Lipinski definition) is 1. The number of nitrogens with one attached hydrogen (secondary N) is 1. The predicted molar refractivity (Wildman–Crippen MR) is 96.7 cm³/mol. The van der Waals surface area contributed by atoms with Crippen LogP contribution < -0.4 is 10.2 Å². The highest BCUT2D eigenvalue weighted by molar-refractivity contribution is 6.03. The highest BCUT2D eigenvalue weighted by Gasteiger charge is 2.17. The number of anilines is 2. The van der Waals surface area contributed by atoms with E-state index < -0.39 is 0 Å². The Balaban J connectivity index is 1.84. The second-order valence-electron chi connectivity index (χ2n) is 6.51. The van der Waals surface area contributed by atoms with Crippen LogP contribution in [0.25, 0.3) is 0 Å². The Morgan fingerprint density at radius 3 is 2.54 bits per heavy atom. The van der Waals surface area contributed by atoms with E-state index in [-0.39, 0.29) is 5.91 Å². The van der Waals surface area contributed by atoms with Crippen LogP contribution in [-0.4, -0.2) is 29.0 Å². The Kier molecular flexibility index (Phi) is 4.79. The molecule has 5 nitrogen and oxygen atoms in total. The minimum absolute atomic E-state index is 0.188. The van der Waals surface area contributed by atoms with Crippen molar-refractivity contribution in [3.63, 3.8) is 0 Å². The summed E-state index contributed by atoms with van der Waals surface area (Å²) >= 11 is 0. The van der Waals surface area contributed by atoms with E-state index in [4.69, 9.17) is 0 Å². The molecule has 0 saturated carbocycles. The van der Waals surface area contributed by atoms with Crippen LogP contribution in [0.15, 0.2) is 24.3 Å². The second kappa shape index (κ2) is 6.99. The summed E-state index contributed by atoms with van der Waals surface area (Å²) in [6.45, 7) is 7.82. The molecular formula is C19H24N4O. The second-order valence-corrected chi connectivity index (χ2v) is 6.51. The van der Waals surface area contributed by atoms with Crippen molar-refractivity contribution in [2.45, 2.75) is 40.0 Å². The number of carbonyl (C=O) groups excluding carboxylic acids is 1. The van der Waals surface area contributed by atoms with Crippen LogP contribution in [-0.2, 0) is 0 Å². The summed E-state index contributed by atoms with van der Waals surface area (Å²) < 4.78 is 0. The van der Waals surface area contributed by atoms with E-state index in [9.17, 15) is 4.79 Å². The fourth-order valence-corrected chi connectivity index (χ4v) is 2.96. The van der Waals surface area contributed by atoms with Crippen LogP contribution in [0, 0.1) is 20.8 Å². The number of amides is 1. The topological polar surface area (TPSA) is 58.1 Å². The van der Waals surface area contributed by atoms with Gasteiger partial charge in [-0.05, 0) is 63.3 Å². The van der Waals surface area contributed by atoms with Crippen molar-refractivity contribution in [1.82, 2.24) is 9.97 Å². The van der Waals surface area contributed by atoms with Crippen molar-refractivity contribution in [2.24, 2.45) is 0 Å². The monoisotopic (exact) mass is 324 g/mol. The molecule has 0 atom stereocenters. The van der Waals surface area contributed by atoms with Gasteiger partial charge in [-0.2, -0.15) is 0 Å². The summed E-state index contributed by atoms with van der Waals surface area (Å²) in [5.41, 5.74) is 4.22. The van der Waals surface area contributed by atoms with Gasteiger partial charge in [-0.3, -0.25) is 4.79 Å². The SMILES string of the molecule is Cc1ccc(C)c(NC(=O)c2cc(C)nc(N3CCCCC3)n2)c1. The Morgan fingerprint density at radius 1 is 1.04 bits per heavy atom. The molecular weight excluding hydrogens is 300 g/mol. The summed E-state index contributed by atoms with van der Waals surface area (Å²) in [5.74, 6) is 0.480. The smallest absolute Gasteiger partial charge is 0.274 e. The highest BCUT2D eigenvalue weighted by atomic mass is 16.1. The van der Waals surface area contributed by atoms with Crippen LogP contribution in [0.4, 0.5) is 11.6 Å². The Labute approximate surface area is 143 Å². The Hall–Kier alpha value is -2.43. The fourth-order valence-electron chi connectivity index (χ4n) is 2.96. The van der Waals surface area contributed by atoms with Crippen molar-refractivity contribution < 1.29 is 4.79 Å². The number of rotatable bonds is 3. The van der Waals surface area contributed by atoms with Crippen molar-refractivity contribution in [3.05, 3.63) is 46.8 Å². The molecule has 0 unspecified atom stereocenters. The summed E-state index contributed by atoms with van der Waals surface area (Å²) in [5, 5.41) is 2.98. The maximum absolute atomic E-state index is 12.6. The first-order valence-corrected chi connectivity index (χ1v) is 8.52. The van der Waals surface area contributed by atoms with Gasteiger partial charge in [0.15, 0.2) is 0 Å². The zero-order valence-corrected chi connectivity index (χ0v) is 14.6. The average Bonchev–Trinajstić information content (AvgIpc) is 2.58. The third-order valence-corrected chi connectivity index (χ3v) is 4.36. The largest absolute Gasteiger partial charge is 0.341 e. The van der Waals surface area contributed by atoms with Gasteiger partial charge >= 0.3 is 0 Å². The Morgan fingerprint density at radius 2 is 1.79 bits per heavy atom. The number of hydrogen-bond acceptors (Lipinski definition) is 4. The van der Waals surface area contributed by atoms with Crippen molar-refractivity contribution in [2.75, 3.05) is 23.3 Å². The number of benzene rings is 1. The quantitative estimate of drug-likeness (QED) is 0.936. The van der Waals surface area contributed by atoms with E-state index >= 15 is 0 Å². The lowest BCUT2D eigenvalue weighted by molar-refractivity contribution is 0.102. The molecule has 0 radical (unpaired) electrons. The standard InChI is InChI=1S/C19H24N4O/c1-13-7-8-14(2)16(11-13)21-18(24)17-12-15(3)20-19(22-17)23-9-5-4-6-10-23/h7-8,11-12H,4-6,9-10H2,1-3H3,(H,21,24). The first-order valence-electron chi connectivity index (χ1n) is 8.52. The van der Waals surface area contributed by atoms with Crippen LogP contribution >= 0.6 is 0 Å². The Bertz CT molecular complexity index is 751. The zero-order chi connectivity index (χ0) is 17.1. The first kappa shape index (κ1) is 16.4. The molecule has 2 aromatic rings. The number of piperidine rings is 1. The molecule has 1 fully saturated rings. The van der Waals surface area contributed by atoms with Crippen LogP contribution in [0.1, 0.15) is 46.6 Å². The summed E-state index contributed by atoms with van der Waals surface area (Å²) in [6, 6.07) is 7.77. The maximum Gasteiger partial charge on any atom is 0.274 e.